The van der Waals surface area contributed by atoms with Gasteiger partial charge >= 0.3 is 0 Å². The van der Waals surface area contributed by atoms with Crippen molar-refractivity contribution in [1.82, 2.24) is 14.4 Å². The highest BCUT2D eigenvalue weighted by Gasteiger charge is 2.34. The number of carbonyl (C=O) groups is 2. The fourth-order valence-corrected chi connectivity index (χ4v) is 4.98. The molecule has 1 aliphatic rings. The predicted octanol–water partition coefficient (Wildman–Crippen LogP) is 4.29. The summed E-state index contributed by atoms with van der Waals surface area (Å²) in [5.74, 6) is 0.892. The SMILES string of the molecule is COc1cccc(C2c3cccn3CCN2C(=O)CN(CC(C)C)C(=O)c2cccs2)c1. The number of thiophene rings is 1. The maximum absolute atomic E-state index is 13.6. The first-order valence-electron chi connectivity index (χ1n) is 10.9. The van der Waals surface area contributed by atoms with Gasteiger partial charge in [0.2, 0.25) is 5.91 Å². The molecule has 0 bridgehead atoms. The lowest BCUT2D eigenvalue weighted by atomic mass is 9.99. The van der Waals surface area contributed by atoms with E-state index in [-0.39, 0.29) is 30.3 Å². The van der Waals surface area contributed by atoms with Gasteiger partial charge in [-0.05, 0) is 47.2 Å². The molecule has 32 heavy (non-hydrogen) atoms. The van der Waals surface area contributed by atoms with Gasteiger partial charge in [-0.25, -0.2) is 0 Å². The van der Waals surface area contributed by atoms with Crippen molar-refractivity contribution in [2.24, 2.45) is 5.92 Å². The maximum Gasteiger partial charge on any atom is 0.264 e. The largest absolute Gasteiger partial charge is 0.497 e. The van der Waals surface area contributed by atoms with Gasteiger partial charge in [0, 0.05) is 31.5 Å². The lowest BCUT2D eigenvalue weighted by molar-refractivity contribution is -0.134. The zero-order valence-corrected chi connectivity index (χ0v) is 19.5. The quantitative estimate of drug-likeness (QED) is 0.539. The van der Waals surface area contributed by atoms with Gasteiger partial charge in [-0.2, -0.15) is 0 Å². The first kappa shape index (κ1) is 22.1. The van der Waals surface area contributed by atoms with E-state index in [0.717, 1.165) is 23.6 Å². The van der Waals surface area contributed by atoms with Crippen LogP contribution in [0.3, 0.4) is 0 Å². The molecule has 0 saturated carbocycles. The molecule has 4 rings (SSSR count). The lowest BCUT2D eigenvalue weighted by Gasteiger charge is -2.38. The monoisotopic (exact) mass is 451 g/mol. The zero-order chi connectivity index (χ0) is 22.7. The van der Waals surface area contributed by atoms with E-state index >= 15 is 0 Å². The van der Waals surface area contributed by atoms with Crippen LogP contribution < -0.4 is 4.74 Å². The third-order valence-corrected chi connectivity index (χ3v) is 6.56. The van der Waals surface area contributed by atoms with Crippen LogP contribution in [0, 0.1) is 5.92 Å². The first-order valence-corrected chi connectivity index (χ1v) is 11.8. The molecule has 3 heterocycles. The third kappa shape index (κ3) is 4.58. The summed E-state index contributed by atoms with van der Waals surface area (Å²) in [5, 5.41) is 1.89. The Kier molecular flexibility index (Phi) is 6.65. The summed E-state index contributed by atoms with van der Waals surface area (Å²) in [4.78, 5) is 31.0. The van der Waals surface area contributed by atoms with Gasteiger partial charge in [-0.15, -0.1) is 11.3 Å². The Labute approximate surface area is 193 Å². The number of amides is 2. The molecular weight excluding hydrogens is 422 g/mol. The second kappa shape index (κ2) is 9.61. The Bertz CT molecular complexity index is 1070. The van der Waals surface area contributed by atoms with Crippen LogP contribution in [0.5, 0.6) is 5.75 Å². The molecule has 2 amide bonds. The number of nitrogens with zero attached hydrogens (tertiary/aromatic N) is 3. The van der Waals surface area contributed by atoms with E-state index in [1.54, 1.807) is 12.0 Å². The van der Waals surface area contributed by atoms with E-state index < -0.39 is 0 Å². The van der Waals surface area contributed by atoms with Crippen molar-refractivity contribution >= 4 is 23.2 Å². The molecule has 1 unspecified atom stereocenters. The van der Waals surface area contributed by atoms with Gasteiger partial charge in [-0.1, -0.05) is 32.0 Å². The van der Waals surface area contributed by atoms with Crippen molar-refractivity contribution in [1.29, 1.82) is 0 Å². The van der Waals surface area contributed by atoms with Crippen LogP contribution in [0.15, 0.2) is 60.1 Å². The molecule has 7 heteroatoms. The number of carbonyl (C=O) groups excluding carboxylic acids is 2. The molecule has 2 aromatic heterocycles. The van der Waals surface area contributed by atoms with E-state index in [1.807, 2.05) is 52.7 Å². The van der Waals surface area contributed by atoms with Gasteiger partial charge in [-0.3, -0.25) is 9.59 Å². The minimum atomic E-state index is -0.223. The predicted molar refractivity (Wildman–Crippen MR) is 126 cm³/mol. The second-order valence-corrected chi connectivity index (χ2v) is 9.40. The molecule has 1 aliphatic heterocycles. The first-order chi connectivity index (χ1) is 15.5. The normalized spacial score (nSPS) is 15.5. The second-order valence-electron chi connectivity index (χ2n) is 8.45. The number of hydrogen-bond acceptors (Lipinski definition) is 4. The van der Waals surface area contributed by atoms with Crippen LogP contribution in [-0.4, -0.2) is 52.9 Å². The zero-order valence-electron chi connectivity index (χ0n) is 18.7. The van der Waals surface area contributed by atoms with Gasteiger partial charge in [0.15, 0.2) is 0 Å². The molecule has 0 aliphatic carbocycles. The standard InChI is InChI=1S/C25H29N3O3S/c1-18(2)16-27(25(30)22-10-6-14-32-22)17-23(29)28-13-12-26-11-5-9-21(26)24(28)19-7-4-8-20(15-19)31-3/h4-11,14-15,18,24H,12-13,16-17H2,1-3H3. The Morgan fingerprint density at radius 3 is 2.72 bits per heavy atom. The fourth-order valence-electron chi connectivity index (χ4n) is 4.28. The van der Waals surface area contributed by atoms with Gasteiger partial charge in [0.25, 0.3) is 5.91 Å². The van der Waals surface area contributed by atoms with Crippen molar-refractivity contribution in [3.63, 3.8) is 0 Å². The molecule has 168 valence electrons. The number of benzene rings is 1. The number of aromatic nitrogens is 1. The van der Waals surface area contributed by atoms with E-state index in [0.29, 0.717) is 18.0 Å². The third-order valence-electron chi connectivity index (χ3n) is 5.70. The van der Waals surface area contributed by atoms with Gasteiger partial charge in [0.1, 0.15) is 12.3 Å². The maximum atomic E-state index is 13.6. The summed E-state index contributed by atoms with van der Waals surface area (Å²) in [6.45, 7) is 6.05. The number of rotatable bonds is 7. The van der Waals surface area contributed by atoms with E-state index in [1.165, 1.54) is 11.3 Å². The smallest absolute Gasteiger partial charge is 0.264 e. The molecule has 0 N–H and O–H groups in total. The molecule has 1 atom stereocenters. The van der Waals surface area contributed by atoms with Crippen LogP contribution in [0.25, 0.3) is 0 Å². The molecular formula is C25H29N3O3S. The molecule has 0 saturated heterocycles. The van der Waals surface area contributed by atoms with Crippen LogP contribution in [0.2, 0.25) is 0 Å². The van der Waals surface area contributed by atoms with Crippen LogP contribution in [0.4, 0.5) is 0 Å². The van der Waals surface area contributed by atoms with E-state index in [2.05, 4.69) is 30.7 Å². The molecule has 3 aromatic rings. The highest BCUT2D eigenvalue weighted by Crippen LogP contribution is 2.34. The Morgan fingerprint density at radius 2 is 2.00 bits per heavy atom. The van der Waals surface area contributed by atoms with Gasteiger partial charge in [0.05, 0.1) is 18.0 Å². The summed E-state index contributed by atoms with van der Waals surface area (Å²) in [6, 6.07) is 15.4. The van der Waals surface area contributed by atoms with Crippen molar-refractivity contribution in [3.05, 3.63) is 76.2 Å². The summed E-state index contributed by atoms with van der Waals surface area (Å²) in [6.07, 6.45) is 2.05. The Morgan fingerprint density at radius 1 is 1.16 bits per heavy atom. The summed E-state index contributed by atoms with van der Waals surface area (Å²) >= 11 is 1.41. The lowest BCUT2D eigenvalue weighted by Crippen LogP contribution is -2.48. The van der Waals surface area contributed by atoms with Crippen molar-refractivity contribution < 1.29 is 14.3 Å². The minimum absolute atomic E-state index is 0.0455. The highest BCUT2D eigenvalue weighted by molar-refractivity contribution is 7.12. The summed E-state index contributed by atoms with van der Waals surface area (Å²) < 4.78 is 7.62. The molecule has 0 spiro atoms. The molecule has 6 nitrogen and oxygen atoms in total. The van der Waals surface area contributed by atoms with Gasteiger partial charge < -0.3 is 19.1 Å². The van der Waals surface area contributed by atoms with Crippen molar-refractivity contribution in [3.8, 4) is 5.75 Å². The number of methoxy groups -OCH3 is 1. The number of hydrogen-bond donors (Lipinski definition) is 0. The van der Waals surface area contributed by atoms with E-state index in [9.17, 15) is 9.59 Å². The highest BCUT2D eigenvalue weighted by atomic mass is 32.1. The molecule has 0 fully saturated rings. The van der Waals surface area contributed by atoms with Crippen molar-refractivity contribution in [2.45, 2.75) is 26.4 Å². The minimum Gasteiger partial charge on any atom is -0.497 e. The van der Waals surface area contributed by atoms with E-state index in [4.69, 9.17) is 4.74 Å². The van der Waals surface area contributed by atoms with Crippen LogP contribution in [0.1, 0.15) is 40.8 Å². The van der Waals surface area contributed by atoms with Crippen molar-refractivity contribution in [2.75, 3.05) is 26.7 Å². The summed E-state index contributed by atoms with van der Waals surface area (Å²) in [7, 11) is 1.64. The number of fused-ring (bicyclic) bond motifs is 1. The Hall–Kier alpha value is -3.06. The van der Waals surface area contributed by atoms with Crippen LogP contribution in [-0.2, 0) is 11.3 Å². The topological polar surface area (TPSA) is 54.8 Å². The summed E-state index contributed by atoms with van der Waals surface area (Å²) in [5.41, 5.74) is 2.06. The molecule has 0 radical (unpaired) electrons. The fraction of sp³-hybridized carbons (Fsp3) is 0.360. The number of ether oxygens (including phenoxy) is 1. The Balaban J connectivity index is 1.63. The molecule has 1 aromatic carbocycles. The average molecular weight is 452 g/mol. The average Bonchev–Trinajstić information content (AvgIpc) is 3.49. The van der Waals surface area contributed by atoms with Crippen LogP contribution >= 0.6 is 11.3 Å².